The molecule has 0 bridgehead atoms. The van der Waals surface area contributed by atoms with Gasteiger partial charge < -0.3 is 9.47 Å². The Bertz CT molecular complexity index is 571. The number of hydrogen-bond acceptors (Lipinski definition) is 4. The fraction of sp³-hybridized carbons (Fsp3) is 0.529. The Morgan fingerprint density at radius 2 is 1.70 bits per heavy atom. The molecule has 2 amide bonds. The van der Waals surface area contributed by atoms with Crippen molar-refractivity contribution in [3.05, 3.63) is 29.8 Å². The monoisotopic (exact) mass is 322 g/mol. The number of methoxy groups -OCH3 is 1. The van der Waals surface area contributed by atoms with Crippen LogP contribution in [0.25, 0.3) is 0 Å². The van der Waals surface area contributed by atoms with Crippen LogP contribution in [0.3, 0.4) is 0 Å². The molecule has 1 N–H and O–H groups in total. The van der Waals surface area contributed by atoms with Crippen molar-refractivity contribution in [2.45, 2.75) is 52.7 Å². The largest absolute Gasteiger partial charge is 0.497 e. The second kappa shape index (κ2) is 6.89. The van der Waals surface area contributed by atoms with Crippen LogP contribution < -0.4 is 10.2 Å². The average Bonchev–Trinajstić information content (AvgIpc) is 2.41. The molecule has 0 saturated heterocycles. The quantitative estimate of drug-likeness (QED) is 0.848. The summed E-state index contributed by atoms with van der Waals surface area (Å²) in [6.45, 7) is 10.8. The fourth-order valence-electron chi connectivity index (χ4n) is 1.80. The average molecular weight is 322 g/mol. The van der Waals surface area contributed by atoms with Gasteiger partial charge in [-0.25, -0.2) is 15.2 Å². The summed E-state index contributed by atoms with van der Waals surface area (Å²) in [5.74, 6) is 0.226. The number of carbonyl (C=O) groups excluding carboxylic acids is 2. The molecule has 1 aromatic carbocycles. The molecule has 0 aromatic heterocycles. The maximum atomic E-state index is 12.8. The third-order valence-electron chi connectivity index (χ3n) is 2.79. The highest BCUT2D eigenvalue weighted by Crippen LogP contribution is 2.19. The molecule has 0 saturated carbocycles. The SMILES string of the molecule is COc1cccc(C(=O)N(NC(=O)OC(C)(C)C)C(C)(C)C)c1. The van der Waals surface area contributed by atoms with Gasteiger partial charge in [0, 0.05) is 5.56 Å². The Morgan fingerprint density at radius 3 is 2.17 bits per heavy atom. The van der Waals surface area contributed by atoms with Gasteiger partial charge in [0.15, 0.2) is 0 Å². The van der Waals surface area contributed by atoms with Gasteiger partial charge in [-0.2, -0.15) is 0 Å². The number of rotatable bonds is 2. The van der Waals surface area contributed by atoms with Crippen LogP contribution in [0.2, 0.25) is 0 Å². The van der Waals surface area contributed by atoms with Gasteiger partial charge in [-0.1, -0.05) is 6.07 Å². The lowest BCUT2D eigenvalue weighted by molar-refractivity contribution is 0.0118. The number of benzene rings is 1. The van der Waals surface area contributed by atoms with Crippen molar-refractivity contribution in [2.24, 2.45) is 0 Å². The van der Waals surface area contributed by atoms with Crippen LogP contribution in [0.4, 0.5) is 4.79 Å². The maximum absolute atomic E-state index is 12.8. The van der Waals surface area contributed by atoms with E-state index in [-0.39, 0.29) is 5.91 Å². The Balaban J connectivity index is 3.02. The van der Waals surface area contributed by atoms with Crippen molar-refractivity contribution >= 4 is 12.0 Å². The molecule has 0 fully saturated rings. The number of hydrazine groups is 1. The van der Waals surface area contributed by atoms with Gasteiger partial charge in [-0.3, -0.25) is 4.79 Å². The highest BCUT2D eigenvalue weighted by Gasteiger charge is 2.31. The van der Waals surface area contributed by atoms with Crippen LogP contribution in [0.15, 0.2) is 24.3 Å². The number of carbonyl (C=O) groups is 2. The lowest BCUT2D eigenvalue weighted by Gasteiger charge is -2.36. The smallest absolute Gasteiger partial charge is 0.426 e. The molecule has 0 spiro atoms. The summed E-state index contributed by atoms with van der Waals surface area (Å²) in [5.41, 5.74) is 1.67. The van der Waals surface area contributed by atoms with Crippen molar-refractivity contribution in [2.75, 3.05) is 7.11 Å². The summed E-state index contributed by atoms with van der Waals surface area (Å²) >= 11 is 0. The number of nitrogens with one attached hydrogen (secondary N) is 1. The van der Waals surface area contributed by atoms with Crippen LogP contribution in [-0.4, -0.2) is 35.3 Å². The molecule has 0 aliphatic heterocycles. The third kappa shape index (κ3) is 5.81. The van der Waals surface area contributed by atoms with E-state index < -0.39 is 17.2 Å². The molecule has 0 atom stereocenters. The van der Waals surface area contributed by atoms with Gasteiger partial charge in [-0.15, -0.1) is 0 Å². The first kappa shape index (κ1) is 18.8. The van der Waals surface area contributed by atoms with Crippen LogP contribution in [0, 0.1) is 0 Å². The second-order valence-electron chi connectivity index (χ2n) is 7.16. The van der Waals surface area contributed by atoms with Crippen molar-refractivity contribution in [1.82, 2.24) is 10.4 Å². The number of ether oxygens (including phenoxy) is 2. The first-order chi connectivity index (χ1) is 10.4. The first-order valence-electron chi connectivity index (χ1n) is 7.42. The van der Waals surface area contributed by atoms with Gasteiger partial charge in [0.05, 0.1) is 12.6 Å². The van der Waals surface area contributed by atoms with E-state index in [0.29, 0.717) is 11.3 Å². The Kier molecular flexibility index (Phi) is 5.64. The molecular formula is C17H26N2O4. The van der Waals surface area contributed by atoms with E-state index in [9.17, 15) is 9.59 Å². The summed E-state index contributed by atoms with van der Waals surface area (Å²) in [6, 6.07) is 6.76. The van der Waals surface area contributed by atoms with Crippen molar-refractivity contribution in [3.63, 3.8) is 0 Å². The van der Waals surface area contributed by atoms with E-state index in [1.165, 1.54) is 12.1 Å². The number of hydrogen-bond donors (Lipinski definition) is 1. The van der Waals surface area contributed by atoms with E-state index in [4.69, 9.17) is 9.47 Å². The van der Waals surface area contributed by atoms with Crippen LogP contribution in [0.1, 0.15) is 51.9 Å². The molecule has 0 unspecified atom stereocenters. The highest BCUT2D eigenvalue weighted by molar-refractivity contribution is 5.95. The van der Waals surface area contributed by atoms with Gasteiger partial charge in [0.25, 0.3) is 5.91 Å². The maximum Gasteiger partial charge on any atom is 0.426 e. The predicted molar refractivity (Wildman–Crippen MR) is 88.3 cm³/mol. The van der Waals surface area contributed by atoms with Crippen molar-refractivity contribution in [1.29, 1.82) is 0 Å². The lowest BCUT2D eigenvalue weighted by atomic mass is 10.1. The molecule has 6 nitrogen and oxygen atoms in total. The Hall–Kier alpha value is -2.24. The van der Waals surface area contributed by atoms with Crippen molar-refractivity contribution in [3.8, 4) is 5.75 Å². The minimum atomic E-state index is -0.677. The molecule has 0 aliphatic rings. The van der Waals surface area contributed by atoms with E-state index in [0.717, 1.165) is 0 Å². The summed E-state index contributed by atoms with van der Waals surface area (Å²) in [5, 5.41) is 1.26. The zero-order valence-electron chi connectivity index (χ0n) is 14.9. The topological polar surface area (TPSA) is 67.9 Å². The van der Waals surface area contributed by atoms with Gasteiger partial charge in [0.2, 0.25) is 0 Å². The molecule has 0 heterocycles. The third-order valence-corrected chi connectivity index (χ3v) is 2.79. The molecule has 0 aliphatic carbocycles. The zero-order chi connectivity index (χ0) is 17.8. The molecule has 6 heteroatoms. The van der Waals surface area contributed by atoms with Crippen LogP contribution >= 0.6 is 0 Å². The first-order valence-corrected chi connectivity index (χ1v) is 7.42. The Labute approximate surface area is 137 Å². The van der Waals surface area contributed by atoms with Crippen LogP contribution in [-0.2, 0) is 4.74 Å². The predicted octanol–water partition coefficient (Wildman–Crippen LogP) is 3.38. The van der Waals surface area contributed by atoms with Crippen LogP contribution in [0.5, 0.6) is 5.75 Å². The van der Waals surface area contributed by atoms with E-state index >= 15 is 0 Å². The molecule has 128 valence electrons. The molecule has 1 rings (SSSR count). The molecule has 1 aromatic rings. The number of amides is 2. The minimum absolute atomic E-state index is 0.345. The highest BCUT2D eigenvalue weighted by atomic mass is 16.6. The fourth-order valence-corrected chi connectivity index (χ4v) is 1.80. The zero-order valence-corrected chi connectivity index (χ0v) is 14.9. The van der Waals surface area contributed by atoms with Gasteiger partial charge >= 0.3 is 6.09 Å². The summed E-state index contributed by atoms with van der Waals surface area (Å²) in [6.07, 6.45) is -0.677. The normalized spacial score (nSPS) is 11.6. The van der Waals surface area contributed by atoms with E-state index in [2.05, 4.69) is 5.43 Å². The minimum Gasteiger partial charge on any atom is -0.497 e. The van der Waals surface area contributed by atoms with Gasteiger partial charge in [-0.05, 0) is 59.7 Å². The standard InChI is InChI=1S/C17H26N2O4/c1-16(2,3)19(18-15(21)23-17(4,5)6)14(20)12-9-8-10-13(11-12)22-7/h8-11H,1-7H3,(H,18,21). The lowest BCUT2D eigenvalue weighted by Crippen LogP contribution is -2.56. The summed E-state index contributed by atoms with van der Waals surface area (Å²) < 4.78 is 10.4. The van der Waals surface area contributed by atoms with E-state index in [1.807, 2.05) is 20.8 Å². The molecular weight excluding hydrogens is 296 g/mol. The molecule has 23 heavy (non-hydrogen) atoms. The summed E-state index contributed by atoms with van der Waals surface area (Å²) in [4.78, 5) is 24.8. The number of nitrogens with zero attached hydrogens (tertiary/aromatic N) is 1. The van der Waals surface area contributed by atoms with Gasteiger partial charge in [0.1, 0.15) is 11.4 Å². The summed E-state index contributed by atoms with van der Waals surface area (Å²) in [7, 11) is 1.53. The second-order valence-corrected chi connectivity index (χ2v) is 7.16. The molecule has 0 radical (unpaired) electrons. The Morgan fingerprint density at radius 1 is 1.09 bits per heavy atom. The van der Waals surface area contributed by atoms with Crippen molar-refractivity contribution < 1.29 is 19.1 Å². The van der Waals surface area contributed by atoms with E-state index in [1.54, 1.807) is 45.0 Å².